The summed E-state index contributed by atoms with van der Waals surface area (Å²) in [6, 6.07) is 5.79. The van der Waals surface area contributed by atoms with Gasteiger partial charge in [-0.25, -0.2) is 0 Å². The zero-order chi connectivity index (χ0) is 11.8. The Morgan fingerprint density at radius 2 is 2.31 bits per heavy atom. The Labute approximate surface area is 102 Å². The van der Waals surface area contributed by atoms with Crippen LogP contribution in [0.2, 0.25) is 5.02 Å². The van der Waals surface area contributed by atoms with Crippen molar-refractivity contribution in [3.63, 3.8) is 0 Å². The molecule has 16 heavy (non-hydrogen) atoms. The Kier molecular flexibility index (Phi) is 5.98. The van der Waals surface area contributed by atoms with Crippen LogP contribution >= 0.6 is 11.6 Å². The minimum absolute atomic E-state index is 0.477. The fraction of sp³-hybridized carbons (Fsp3) is 0.385. The number of para-hydroxylation sites is 1. The van der Waals surface area contributed by atoms with Crippen LogP contribution in [0, 0.1) is 0 Å². The third kappa shape index (κ3) is 3.87. The molecular weight excluding hydrogens is 222 g/mol. The maximum atomic E-state index is 6.09. The van der Waals surface area contributed by atoms with E-state index in [0.717, 1.165) is 30.8 Å². The summed E-state index contributed by atoms with van der Waals surface area (Å²) < 4.78 is 5.56. The van der Waals surface area contributed by atoms with Crippen LogP contribution in [-0.2, 0) is 6.54 Å². The molecule has 1 rings (SSSR count). The number of halogens is 1. The van der Waals surface area contributed by atoms with Crippen molar-refractivity contribution in [3.8, 4) is 5.75 Å². The van der Waals surface area contributed by atoms with Crippen LogP contribution in [0.3, 0.4) is 0 Å². The first kappa shape index (κ1) is 13.1. The molecular formula is C13H18ClNO. The van der Waals surface area contributed by atoms with Gasteiger partial charge in [0, 0.05) is 12.1 Å². The lowest BCUT2D eigenvalue weighted by molar-refractivity contribution is 0.358. The molecule has 2 nitrogen and oxygen atoms in total. The van der Waals surface area contributed by atoms with Crippen LogP contribution in [0.1, 0.15) is 18.9 Å². The molecule has 0 aromatic heterocycles. The zero-order valence-electron chi connectivity index (χ0n) is 9.63. The third-order valence-corrected chi connectivity index (χ3v) is 2.43. The summed E-state index contributed by atoms with van der Waals surface area (Å²) in [4.78, 5) is 0. The molecule has 0 amide bonds. The second-order valence-corrected chi connectivity index (χ2v) is 3.91. The smallest absolute Gasteiger partial charge is 0.142 e. The molecule has 0 spiro atoms. The molecule has 0 unspecified atom stereocenters. The molecule has 0 radical (unpaired) electrons. The maximum absolute atomic E-state index is 6.09. The summed E-state index contributed by atoms with van der Waals surface area (Å²) in [7, 11) is 0. The largest absolute Gasteiger partial charge is 0.488 e. The number of hydrogen-bond donors (Lipinski definition) is 1. The zero-order valence-corrected chi connectivity index (χ0v) is 10.4. The Bertz CT molecular complexity index is 339. The minimum Gasteiger partial charge on any atom is -0.488 e. The van der Waals surface area contributed by atoms with Gasteiger partial charge in [0.1, 0.15) is 12.4 Å². The highest BCUT2D eigenvalue weighted by molar-refractivity contribution is 6.32. The normalized spacial score (nSPS) is 10.1. The molecule has 0 fully saturated rings. The first-order chi connectivity index (χ1) is 7.79. The number of nitrogens with one attached hydrogen (secondary N) is 1. The van der Waals surface area contributed by atoms with Gasteiger partial charge in [-0.05, 0) is 19.0 Å². The fourth-order valence-corrected chi connectivity index (χ4v) is 1.65. The molecule has 1 aromatic carbocycles. The third-order valence-electron chi connectivity index (χ3n) is 2.14. The van der Waals surface area contributed by atoms with Crippen molar-refractivity contribution in [2.24, 2.45) is 0 Å². The van der Waals surface area contributed by atoms with Gasteiger partial charge < -0.3 is 10.1 Å². The maximum Gasteiger partial charge on any atom is 0.142 e. The molecule has 0 saturated heterocycles. The Morgan fingerprint density at radius 3 is 3.00 bits per heavy atom. The van der Waals surface area contributed by atoms with E-state index >= 15 is 0 Å². The van der Waals surface area contributed by atoms with E-state index in [0.29, 0.717) is 11.6 Å². The number of benzene rings is 1. The van der Waals surface area contributed by atoms with Crippen molar-refractivity contribution in [1.29, 1.82) is 0 Å². The number of ether oxygens (including phenoxy) is 1. The molecule has 0 heterocycles. The van der Waals surface area contributed by atoms with Gasteiger partial charge in [-0.15, -0.1) is 0 Å². The van der Waals surface area contributed by atoms with Crippen LogP contribution in [0.25, 0.3) is 0 Å². The van der Waals surface area contributed by atoms with Gasteiger partial charge in [0.2, 0.25) is 0 Å². The molecule has 0 aliphatic carbocycles. The first-order valence-electron chi connectivity index (χ1n) is 5.51. The number of rotatable bonds is 7. The van der Waals surface area contributed by atoms with E-state index in [1.807, 2.05) is 18.2 Å². The van der Waals surface area contributed by atoms with Gasteiger partial charge in [-0.1, -0.05) is 43.3 Å². The van der Waals surface area contributed by atoms with E-state index in [1.165, 1.54) is 0 Å². The predicted molar refractivity (Wildman–Crippen MR) is 69.1 cm³/mol. The summed E-state index contributed by atoms with van der Waals surface area (Å²) in [5.41, 5.74) is 1.09. The molecule has 0 aliphatic heterocycles. The summed E-state index contributed by atoms with van der Waals surface area (Å²) >= 11 is 6.09. The predicted octanol–water partition coefficient (Wildman–Crippen LogP) is 3.40. The molecule has 88 valence electrons. The molecule has 0 saturated carbocycles. The van der Waals surface area contributed by atoms with Crippen molar-refractivity contribution < 1.29 is 4.74 Å². The summed E-state index contributed by atoms with van der Waals surface area (Å²) in [6.45, 7) is 8.01. The molecule has 1 N–H and O–H groups in total. The van der Waals surface area contributed by atoms with Gasteiger partial charge in [0.25, 0.3) is 0 Å². The van der Waals surface area contributed by atoms with Gasteiger partial charge >= 0.3 is 0 Å². The summed E-state index contributed by atoms with van der Waals surface area (Å²) in [5, 5.41) is 3.98. The topological polar surface area (TPSA) is 21.3 Å². The van der Waals surface area contributed by atoms with Crippen molar-refractivity contribution >= 4 is 11.6 Å². The Hall–Kier alpha value is -0.990. The Balaban J connectivity index is 2.72. The van der Waals surface area contributed by atoms with E-state index in [2.05, 4.69) is 18.8 Å². The highest BCUT2D eigenvalue weighted by atomic mass is 35.5. The highest BCUT2D eigenvalue weighted by Gasteiger charge is 2.07. The molecule has 1 aromatic rings. The lowest BCUT2D eigenvalue weighted by atomic mass is 10.2. The second-order valence-electron chi connectivity index (χ2n) is 3.50. The van der Waals surface area contributed by atoms with Crippen LogP contribution in [0.5, 0.6) is 5.75 Å². The monoisotopic (exact) mass is 239 g/mol. The summed E-state index contributed by atoms with van der Waals surface area (Å²) in [5.74, 6) is 0.757. The van der Waals surface area contributed by atoms with Crippen LogP contribution in [0.4, 0.5) is 0 Å². The van der Waals surface area contributed by atoms with E-state index in [-0.39, 0.29) is 0 Å². The highest BCUT2D eigenvalue weighted by Crippen LogP contribution is 2.28. The molecule has 0 bridgehead atoms. The van der Waals surface area contributed by atoms with Crippen molar-refractivity contribution in [2.45, 2.75) is 19.9 Å². The van der Waals surface area contributed by atoms with E-state index in [9.17, 15) is 0 Å². The molecule has 3 heteroatoms. The van der Waals surface area contributed by atoms with Gasteiger partial charge in [0.15, 0.2) is 0 Å². The molecule has 0 aliphatic rings. The number of hydrogen-bond acceptors (Lipinski definition) is 2. The average Bonchev–Trinajstić information content (AvgIpc) is 2.28. The van der Waals surface area contributed by atoms with Crippen molar-refractivity contribution in [1.82, 2.24) is 5.32 Å². The lowest BCUT2D eigenvalue weighted by Crippen LogP contribution is -2.14. The van der Waals surface area contributed by atoms with E-state index in [4.69, 9.17) is 16.3 Å². The average molecular weight is 240 g/mol. The van der Waals surface area contributed by atoms with Crippen molar-refractivity contribution in [3.05, 3.63) is 41.4 Å². The Morgan fingerprint density at radius 1 is 1.50 bits per heavy atom. The van der Waals surface area contributed by atoms with Crippen LogP contribution < -0.4 is 10.1 Å². The van der Waals surface area contributed by atoms with Crippen LogP contribution in [0.15, 0.2) is 30.9 Å². The molecule has 0 atom stereocenters. The van der Waals surface area contributed by atoms with E-state index in [1.54, 1.807) is 6.08 Å². The summed E-state index contributed by atoms with van der Waals surface area (Å²) in [6.07, 6.45) is 2.83. The van der Waals surface area contributed by atoms with Gasteiger partial charge in [0.05, 0.1) is 5.02 Å². The SMILES string of the molecule is C=CCOc1c(Cl)cccc1CNCCC. The minimum atomic E-state index is 0.477. The first-order valence-corrected chi connectivity index (χ1v) is 5.89. The second kappa shape index (κ2) is 7.31. The lowest BCUT2D eigenvalue weighted by Gasteiger charge is -2.12. The van der Waals surface area contributed by atoms with Gasteiger partial charge in [-0.3, -0.25) is 0 Å². The van der Waals surface area contributed by atoms with E-state index < -0.39 is 0 Å². The van der Waals surface area contributed by atoms with Gasteiger partial charge in [-0.2, -0.15) is 0 Å². The van der Waals surface area contributed by atoms with Crippen LogP contribution in [-0.4, -0.2) is 13.2 Å². The standard InChI is InChI=1S/C13H18ClNO/c1-3-8-15-10-11-6-5-7-12(14)13(11)16-9-4-2/h4-7,15H,2-3,8-10H2,1H3. The fourth-order valence-electron chi connectivity index (χ4n) is 1.40. The quantitative estimate of drug-likeness (QED) is 0.582. The van der Waals surface area contributed by atoms with Crippen molar-refractivity contribution in [2.75, 3.05) is 13.2 Å².